The maximum Gasteiger partial charge on any atom is 0.251 e. The number of halogens is 2. The van der Waals surface area contributed by atoms with E-state index in [1.165, 1.54) is 7.11 Å². The average Bonchev–Trinajstić information content (AvgIpc) is 2.90. The van der Waals surface area contributed by atoms with Gasteiger partial charge in [0.1, 0.15) is 11.6 Å². The van der Waals surface area contributed by atoms with Gasteiger partial charge in [-0.15, -0.1) is 0 Å². The Morgan fingerprint density at radius 1 is 1.38 bits per heavy atom. The van der Waals surface area contributed by atoms with E-state index in [2.05, 4.69) is 10.6 Å². The highest BCUT2D eigenvalue weighted by atomic mass is 19.1. The van der Waals surface area contributed by atoms with Crippen LogP contribution >= 0.6 is 0 Å². The molecule has 0 aromatic heterocycles. The number of rotatable bonds is 4. The van der Waals surface area contributed by atoms with Crippen LogP contribution in [0.5, 0.6) is 0 Å². The smallest absolute Gasteiger partial charge is 0.251 e. The molecule has 6 nitrogen and oxygen atoms in total. The molecular formula is C13H15F2N3O3. The number of nitrogens with two attached hydrogens (primary N) is 1. The Balaban J connectivity index is 2.14. The van der Waals surface area contributed by atoms with Crippen molar-refractivity contribution < 1.29 is 23.1 Å². The summed E-state index contributed by atoms with van der Waals surface area (Å²) in [6.07, 6.45) is 0.341. The Bertz CT molecular complexity index is 580. The van der Waals surface area contributed by atoms with Crippen LogP contribution in [0.3, 0.4) is 0 Å². The molecule has 2 rings (SSSR count). The molecule has 8 heteroatoms. The molecule has 0 bridgehead atoms. The summed E-state index contributed by atoms with van der Waals surface area (Å²) in [6, 6.07) is 0.847. The van der Waals surface area contributed by atoms with Crippen LogP contribution in [0.25, 0.3) is 0 Å². The number of hydrogen-bond donors (Lipinski definition) is 3. The molecule has 1 aromatic carbocycles. The number of methoxy groups -OCH3 is 1. The second kappa shape index (κ2) is 6.15. The predicted octanol–water partition coefficient (Wildman–Crippen LogP) is 0.379. The summed E-state index contributed by atoms with van der Waals surface area (Å²) in [4.78, 5) is 23.0. The topological polar surface area (TPSA) is 93.4 Å². The first-order valence-corrected chi connectivity index (χ1v) is 6.28. The lowest BCUT2D eigenvalue weighted by molar-refractivity contribution is -0.118. The van der Waals surface area contributed by atoms with Crippen LogP contribution in [0.4, 0.5) is 14.5 Å². The molecule has 1 aromatic rings. The second-order valence-corrected chi connectivity index (χ2v) is 4.72. The summed E-state index contributed by atoms with van der Waals surface area (Å²) in [5.41, 5.74) is 4.20. The highest BCUT2D eigenvalue weighted by Gasteiger charge is 2.30. The van der Waals surface area contributed by atoms with Crippen LogP contribution in [0, 0.1) is 11.6 Å². The van der Waals surface area contributed by atoms with E-state index in [1.807, 2.05) is 0 Å². The summed E-state index contributed by atoms with van der Waals surface area (Å²) in [5, 5.41) is 5.23. The Morgan fingerprint density at radius 3 is 2.67 bits per heavy atom. The van der Waals surface area contributed by atoms with Gasteiger partial charge >= 0.3 is 0 Å². The molecule has 114 valence electrons. The minimum atomic E-state index is -1.07. The molecule has 2 unspecified atom stereocenters. The van der Waals surface area contributed by atoms with Crippen molar-refractivity contribution in [2.75, 3.05) is 19.0 Å². The van der Waals surface area contributed by atoms with Gasteiger partial charge in [-0.05, 0) is 12.5 Å². The molecule has 2 atom stereocenters. The quantitative estimate of drug-likeness (QED) is 0.749. The van der Waals surface area contributed by atoms with Crippen LogP contribution in [0.2, 0.25) is 0 Å². The van der Waals surface area contributed by atoms with Gasteiger partial charge in [-0.1, -0.05) is 0 Å². The van der Waals surface area contributed by atoms with Crippen molar-refractivity contribution in [3.05, 3.63) is 29.3 Å². The number of hydrogen-bond acceptors (Lipinski definition) is 4. The fraction of sp³-hybridized carbons (Fsp3) is 0.385. The highest BCUT2D eigenvalue weighted by Crippen LogP contribution is 2.20. The van der Waals surface area contributed by atoms with Gasteiger partial charge in [0.05, 0.1) is 23.4 Å². The molecule has 1 saturated heterocycles. The molecule has 21 heavy (non-hydrogen) atoms. The highest BCUT2D eigenvalue weighted by molar-refractivity contribution is 5.98. The molecule has 0 radical (unpaired) electrons. The van der Waals surface area contributed by atoms with Crippen LogP contribution in [0.15, 0.2) is 12.1 Å². The van der Waals surface area contributed by atoms with E-state index < -0.39 is 35.1 Å². The summed E-state index contributed by atoms with van der Waals surface area (Å²) in [7, 11) is 1.53. The van der Waals surface area contributed by atoms with Crippen LogP contribution in [-0.2, 0) is 9.53 Å². The number of carbonyl (C=O) groups is 2. The van der Waals surface area contributed by atoms with Crippen molar-refractivity contribution in [2.45, 2.75) is 18.6 Å². The fourth-order valence-corrected chi connectivity index (χ4v) is 2.14. The van der Waals surface area contributed by atoms with Crippen LogP contribution in [-0.4, -0.2) is 37.6 Å². The third-order valence-electron chi connectivity index (χ3n) is 3.32. The Morgan fingerprint density at radius 2 is 2.10 bits per heavy atom. The Kier molecular flexibility index (Phi) is 4.49. The third kappa shape index (κ3) is 3.34. The summed E-state index contributed by atoms with van der Waals surface area (Å²) in [5.74, 6) is -3.58. The average molecular weight is 299 g/mol. The van der Waals surface area contributed by atoms with E-state index in [9.17, 15) is 18.4 Å². The zero-order valence-corrected chi connectivity index (χ0v) is 11.3. The monoisotopic (exact) mass is 299 g/mol. The van der Waals surface area contributed by atoms with Crippen LogP contribution < -0.4 is 16.4 Å². The van der Waals surface area contributed by atoms with Crippen molar-refractivity contribution in [3.8, 4) is 0 Å². The molecule has 1 aliphatic heterocycles. The minimum absolute atomic E-state index is 0.0972. The SMILES string of the molecule is COC1CNC(C(=O)Nc2cc(C(N)=O)c(F)cc2F)C1. The van der Waals surface area contributed by atoms with Gasteiger partial charge in [-0.25, -0.2) is 8.78 Å². The standard InChI is InChI=1S/C13H15F2N3O3/c1-21-6-2-11(17-5-6)13(20)18-10-3-7(12(16)19)8(14)4-9(10)15/h3-4,6,11,17H,2,5H2,1H3,(H2,16,19)(H,18,20). The normalized spacial score (nSPS) is 21.3. The zero-order chi connectivity index (χ0) is 15.6. The molecule has 0 aliphatic carbocycles. The van der Waals surface area contributed by atoms with Crippen molar-refractivity contribution in [3.63, 3.8) is 0 Å². The van der Waals surface area contributed by atoms with Gasteiger partial charge in [0.2, 0.25) is 5.91 Å². The lowest BCUT2D eigenvalue weighted by atomic mass is 10.1. The molecule has 4 N–H and O–H groups in total. The maximum atomic E-state index is 13.6. The van der Waals surface area contributed by atoms with Gasteiger partial charge in [0.25, 0.3) is 5.91 Å². The predicted molar refractivity (Wildman–Crippen MR) is 70.7 cm³/mol. The van der Waals surface area contributed by atoms with E-state index in [0.717, 1.165) is 6.07 Å². The number of ether oxygens (including phenoxy) is 1. The van der Waals surface area contributed by atoms with Gasteiger partial charge in [0, 0.05) is 19.7 Å². The Labute approximate surface area is 119 Å². The van der Waals surface area contributed by atoms with Gasteiger partial charge in [-0.3, -0.25) is 9.59 Å². The summed E-state index contributed by atoms with van der Waals surface area (Å²) < 4.78 is 32.1. The number of amides is 2. The summed E-state index contributed by atoms with van der Waals surface area (Å²) >= 11 is 0. The van der Waals surface area contributed by atoms with Gasteiger partial charge in [0.15, 0.2) is 0 Å². The molecule has 1 heterocycles. The first kappa shape index (κ1) is 15.3. The molecule has 0 spiro atoms. The van der Waals surface area contributed by atoms with E-state index >= 15 is 0 Å². The van der Waals surface area contributed by atoms with Gasteiger partial charge < -0.3 is 21.1 Å². The van der Waals surface area contributed by atoms with Crippen LogP contribution in [0.1, 0.15) is 16.8 Å². The Hall–Kier alpha value is -2.06. The molecule has 2 amide bonds. The first-order chi connectivity index (χ1) is 9.92. The zero-order valence-electron chi connectivity index (χ0n) is 11.3. The largest absolute Gasteiger partial charge is 0.380 e. The maximum absolute atomic E-state index is 13.6. The van der Waals surface area contributed by atoms with E-state index in [4.69, 9.17) is 10.5 Å². The number of carbonyl (C=O) groups excluding carboxylic acids is 2. The number of anilines is 1. The third-order valence-corrected chi connectivity index (χ3v) is 3.32. The number of primary amides is 1. The minimum Gasteiger partial charge on any atom is -0.380 e. The van der Waals surface area contributed by atoms with Crippen molar-refractivity contribution in [2.24, 2.45) is 5.73 Å². The lowest BCUT2D eigenvalue weighted by Crippen LogP contribution is -2.35. The number of nitrogens with one attached hydrogen (secondary N) is 2. The second-order valence-electron chi connectivity index (χ2n) is 4.72. The van der Waals surface area contributed by atoms with Crippen molar-refractivity contribution >= 4 is 17.5 Å². The van der Waals surface area contributed by atoms with Gasteiger partial charge in [-0.2, -0.15) is 0 Å². The molecule has 1 fully saturated rings. The lowest BCUT2D eigenvalue weighted by Gasteiger charge is -2.13. The molecule has 1 aliphatic rings. The van der Waals surface area contributed by atoms with Crippen molar-refractivity contribution in [1.82, 2.24) is 5.32 Å². The molecular weight excluding hydrogens is 284 g/mol. The molecule has 0 saturated carbocycles. The number of benzene rings is 1. The van der Waals surface area contributed by atoms with E-state index in [-0.39, 0.29) is 11.8 Å². The summed E-state index contributed by atoms with van der Waals surface area (Å²) in [6.45, 7) is 0.507. The first-order valence-electron chi connectivity index (χ1n) is 6.28. The van der Waals surface area contributed by atoms with Crippen molar-refractivity contribution in [1.29, 1.82) is 0 Å². The van der Waals surface area contributed by atoms with E-state index in [1.54, 1.807) is 0 Å². The van der Waals surface area contributed by atoms with E-state index in [0.29, 0.717) is 19.0 Å². The fourth-order valence-electron chi connectivity index (χ4n) is 2.14.